The van der Waals surface area contributed by atoms with E-state index in [0.29, 0.717) is 12.3 Å². The molecule has 0 saturated carbocycles. The molecule has 1 aliphatic heterocycles. The summed E-state index contributed by atoms with van der Waals surface area (Å²) >= 11 is 1.68. The molecule has 1 aromatic carbocycles. The fraction of sp³-hybridized carbons (Fsp3) is 0.267. The van der Waals surface area contributed by atoms with Crippen LogP contribution in [0.4, 0.5) is 0 Å². The highest BCUT2D eigenvalue weighted by molar-refractivity contribution is 8.00. The fourth-order valence-corrected chi connectivity index (χ4v) is 3.60. The third-order valence-corrected chi connectivity index (χ3v) is 4.57. The van der Waals surface area contributed by atoms with Gasteiger partial charge in [-0.15, -0.1) is 11.8 Å². The lowest BCUT2D eigenvalue weighted by Gasteiger charge is -2.24. The molecule has 0 aliphatic carbocycles. The minimum Gasteiger partial charge on any atom is -0.467 e. The summed E-state index contributed by atoms with van der Waals surface area (Å²) in [6, 6.07) is 12.0. The van der Waals surface area contributed by atoms with Crippen LogP contribution in [0.25, 0.3) is 0 Å². The van der Waals surface area contributed by atoms with E-state index < -0.39 is 0 Å². The van der Waals surface area contributed by atoms with Gasteiger partial charge in [0.2, 0.25) is 5.91 Å². The van der Waals surface area contributed by atoms with Crippen LogP contribution >= 0.6 is 11.8 Å². The smallest absolute Gasteiger partial charge is 0.234 e. The van der Waals surface area contributed by atoms with Gasteiger partial charge in [-0.1, -0.05) is 24.3 Å². The van der Waals surface area contributed by atoms with E-state index in [1.54, 1.807) is 18.0 Å². The molecule has 1 amide bonds. The van der Waals surface area contributed by atoms with Crippen LogP contribution in [0, 0.1) is 6.92 Å². The number of hydrogen-bond acceptors (Lipinski definition) is 3. The van der Waals surface area contributed by atoms with Crippen LogP contribution in [0.3, 0.4) is 0 Å². The largest absolute Gasteiger partial charge is 0.467 e. The quantitative estimate of drug-likeness (QED) is 0.859. The molecule has 3 rings (SSSR count). The third-order valence-electron chi connectivity index (χ3n) is 3.33. The molecule has 0 radical (unpaired) electrons. The van der Waals surface area contributed by atoms with Gasteiger partial charge in [0.1, 0.15) is 11.1 Å². The Kier molecular flexibility index (Phi) is 3.34. The maximum absolute atomic E-state index is 12.1. The molecular formula is C15H15NO2S. The molecule has 0 N–H and O–H groups in total. The van der Waals surface area contributed by atoms with Crippen LogP contribution < -0.4 is 0 Å². The number of furan rings is 1. The molecule has 1 aromatic heterocycles. The molecule has 0 spiro atoms. The zero-order chi connectivity index (χ0) is 13.2. The molecule has 1 saturated heterocycles. The minimum atomic E-state index is 0.0961. The summed E-state index contributed by atoms with van der Waals surface area (Å²) in [5, 5.41) is 0.0961. The average Bonchev–Trinajstić information content (AvgIpc) is 3.03. The van der Waals surface area contributed by atoms with E-state index in [9.17, 15) is 4.79 Å². The topological polar surface area (TPSA) is 33.5 Å². The van der Waals surface area contributed by atoms with E-state index in [2.05, 4.69) is 19.1 Å². The van der Waals surface area contributed by atoms with Gasteiger partial charge in [-0.3, -0.25) is 4.79 Å². The fourth-order valence-electron chi connectivity index (χ4n) is 2.32. The second kappa shape index (κ2) is 5.13. The van der Waals surface area contributed by atoms with Gasteiger partial charge >= 0.3 is 0 Å². The van der Waals surface area contributed by atoms with Crippen LogP contribution in [0.15, 0.2) is 47.1 Å². The Labute approximate surface area is 116 Å². The summed E-state index contributed by atoms with van der Waals surface area (Å²) in [6.07, 6.45) is 1.64. The number of carbonyl (C=O) groups is 1. The van der Waals surface area contributed by atoms with Crippen molar-refractivity contribution in [1.29, 1.82) is 0 Å². The van der Waals surface area contributed by atoms with Crippen molar-refractivity contribution in [2.75, 3.05) is 5.75 Å². The van der Waals surface area contributed by atoms with Crippen LogP contribution in [-0.2, 0) is 11.3 Å². The zero-order valence-corrected chi connectivity index (χ0v) is 11.5. The highest BCUT2D eigenvalue weighted by Crippen LogP contribution is 2.40. The number of thioether (sulfide) groups is 1. The number of hydrogen-bond donors (Lipinski definition) is 0. The van der Waals surface area contributed by atoms with Crippen molar-refractivity contribution in [2.24, 2.45) is 0 Å². The number of amides is 1. The Morgan fingerprint density at radius 2 is 2.16 bits per heavy atom. The van der Waals surface area contributed by atoms with Crippen LogP contribution in [0.5, 0.6) is 0 Å². The first kappa shape index (κ1) is 12.4. The Bertz CT molecular complexity index is 580. The van der Waals surface area contributed by atoms with Crippen molar-refractivity contribution in [1.82, 2.24) is 4.90 Å². The van der Waals surface area contributed by atoms with Gasteiger partial charge in [0.05, 0.1) is 18.6 Å². The van der Waals surface area contributed by atoms with E-state index in [1.165, 1.54) is 11.1 Å². The molecule has 1 aliphatic rings. The normalized spacial score (nSPS) is 19.1. The Balaban J connectivity index is 1.88. The second-order valence-corrected chi connectivity index (χ2v) is 5.69. The van der Waals surface area contributed by atoms with Crippen molar-refractivity contribution < 1.29 is 9.21 Å². The first-order valence-electron chi connectivity index (χ1n) is 6.24. The van der Waals surface area contributed by atoms with Gasteiger partial charge in [0.15, 0.2) is 0 Å². The van der Waals surface area contributed by atoms with Gasteiger partial charge in [-0.2, -0.15) is 0 Å². The van der Waals surface area contributed by atoms with E-state index in [1.807, 2.05) is 29.2 Å². The van der Waals surface area contributed by atoms with Gasteiger partial charge in [0.25, 0.3) is 0 Å². The maximum atomic E-state index is 12.1. The molecule has 2 aromatic rings. The molecule has 0 bridgehead atoms. The lowest BCUT2D eigenvalue weighted by atomic mass is 10.1. The Morgan fingerprint density at radius 1 is 1.32 bits per heavy atom. The molecule has 2 heterocycles. The highest BCUT2D eigenvalue weighted by atomic mass is 32.2. The monoisotopic (exact) mass is 273 g/mol. The van der Waals surface area contributed by atoms with Gasteiger partial charge in [0, 0.05) is 0 Å². The van der Waals surface area contributed by atoms with Gasteiger partial charge in [-0.05, 0) is 30.2 Å². The summed E-state index contributed by atoms with van der Waals surface area (Å²) < 4.78 is 5.36. The van der Waals surface area contributed by atoms with Crippen molar-refractivity contribution >= 4 is 17.7 Å². The third kappa shape index (κ3) is 2.40. The Morgan fingerprint density at radius 3 is 2.89 bits per heavy atom. The lowest BCUT2D eigenvalue weighted by Crippen LogP contribution is -2.27. The lowest BCUT2D eigenvalue weighted by molar-refractivity contribution is -0.128. The summed E-state index contributed by atoms with van der Waals surface area (Å²) in [4.78, 5) is 14.0. The average molecular weight is 273 g/mol. The highest BCUT2D eigenvalue weighted by Gasteiger charge is 2.33. The molecule has 98 valence electrons. The van der Waals surface area contributed by atoms with Crippen molar-refractivity contribution in [3.63, 3.8) is 0 Å². The van der Waals surface area contributed by atoms with Crippen molar-refractivity contribution in [3.8, 4) is 0 Å². The zero-order valence-electron chi connectivity index (χ0n) is 10.7. The SMILES string of the molecule is Cc1ccccc1C1SCC(=O)N1Cc1ccco1. The number of aryl methyl sites for hydroxylation is 1. The molecule has 1 unspecified atom stereocenters. The predicted octanol–water partition coefficient (Wildman–Crippen LogP) is 3.36. The van der Waals surface area contributed by atoms with Crippen LogP contribution in [-0.4, -0.2) is 16.6 Å². The molecule has 1 atom stereocenters. The Hall–Kier alpha value is -1.68. The first-order valence-corrected chi connectivity index (χ1v) is 7.29. The number of benzene rings is 1. The van der Waals surface area contributed by atoms with E-state index in [-0.39, 0.29) is 11.3 Å². The second-order valence-electron chi connectivity index (χ2n) is 4.62. The number of carbonyl (C=O) groups excluding carboxylic acids is 1. The number of rotatable bonds is 3. The standard InChI is InChI=1S/C15H15NO2S/c1-11-5-2-3-7-13(11)15-16(14(17)10-19-15)9-12-6-4-8-18-12/h2-8,15H,9-10H2,1H3. The van der Waals surface area contributed by atoms with E-state index >= 15 is 0 Å². The van der Waals surface area contributed by atoms with Crippen molar-refractivity contribution in [2.45, 2.75) is 18.8 Å². The van der Waals surface area contributed by atoms with Gasteiger partial charge < -0.3 is 9.32 Å². The maximum Gasteiger partial charge on any atom is 0.234 e. The molecule has 1 fully saturated rings. The van der Waals surface area contributed by atoms with Crippen LogP contribution in [0.1, 0.15) is 22.3 Å². The predicted molar refractivity (Wildman–Crippen MR) is 75.6 cm³/mol. The number of nitrogens with zero attached hydrogens (tertiary/aromatic N) is 1. The molecule has 19 heavy (non-hydrogen) atoms. The van der Waals surface area contributed by atoms with Crippen molar-refractivity contribution in [3.05, 3.63) is 59.5 Å². The first-order chi connectivity index (χ1) is 9.25. The van der Waals surface area contributed by atoms with Gasteiger partial charge in [-0.25, -0.2) is 0 Å². The van der Waals surface area contributed by atoms with Crippen LogP contribution in [0.2, 0.25) is 0 Å². The molecule has 4 heteroatoms. The van der Waals surface area contributed by atoms with E-state index in [0.717, 1.165) is 5.76 Å². The molecular weight excluding hydrogens is 258 g/mol. The van der Waals surface area contributed by atoms with E-state index in [4.69, 9.17) is 4.42 Å². The minimum absolute atomic E-state index is 0.0961. The summed E-state index contributed by atoms with van der Waals surface area (Å²) in [6.45, 7) is 2.63. The summed E-state index contributed by atoms with van der Waals surface area (Å²) in [5.74, 6) is 1.55. The summed E-state index contributed by atoms with van der Waals surface area (Å²) in [5.41, 5.74) is 2.43. The summed E-state index contributed by atoms with van der Waals surface area (Å²) in [7, 11) is 0. The molecule has 3 nitrogen and oxygen atoms in total.